The summed E-state index contributed by atoms with van der Waals surface area (Å²) in [6.45, 7) is 5.31. The quantitative estimate of drug-likeness (QED) is 0.756. The summed E-state index contributed by atoms with van der Waals surface area (Å²) in [5, 5.41) is 3.32. The van der Waals surface area contributed by atoms with E-state index in [1.165, 1.54) is 12.8 Å². The van der Waals surface area contributed by atoms with E-state index in [0.29, 0.717) is 6.61 Å². The topological polar surface area (TPSA) is 41.6 Å². The number of carbonyl (C=O) groups excluding carboxylic acids is 1. The van der Waals surface area contributed by atoms with E-state index >= 15 is 0 Å². The zero-order valence-corrected chi connectivity index (χ0v) is 10.1. The van der Waals surface area contributed by atoms with E-state index in [9.17, 15) is 4.79 Å². The summed E-state index contributed by atoms with van der Waals surface area (Å²) in [7, 11) is 0. The number of hydrogen-bond acceptors (Lipinski definition) is 3. The zero-order chi connectivity index (χ0) is 11.4. The summed E-state index contributed by atoms with van der Waals surface area (Å²) >= 11 is 0. The van der Waals surface area contributed by atoms with Crippen molar-refractivity contribution in [2.45, 2.75) is 44.8 Å². The van der Waals surface area contributed by atoms with Crippen molar-refractivity contribution in [2.24, 2.45) is 0 Å². The van der Waals surface area contributed by atoms with Gasteiger partial charge >= 0.3 is 0 Å². The van der Waals surface area contributed by atoms with E-state index < -0.39 is 0 Å². The molecular weight excluding hydrogens is 204 g/mol. The molecule has 0 aromatic heterocycles. The highest BCUT2D eigenvalue weighted by atomic mass is 16.5. The first-order chi connectivity index (χ1) is 7.81. The average molecular weight is 226 g/mol. The van der Waals surface area contributed by atoms with E-state index in [1.54, 1.807) is 0 Å². The predicted octanol–water partition coefficient (Wildman–Crippen LogP) is 0.766. The Morgan fingerprint density at radius 3 is 3.06 bits per heavy atom. The molecule has 0 bridgehead atoms. The highest BCUT2D eigenvalue weighted by molar-refractivity contribution is 5.82. The Bertz CT molecular complexity index is 239. The Kier molecular flexibility index (Phi) is 4.18. The molecular formula is C12H22N2O2. The summed E-state index contributed by atoms with van der Waals surface area (Å²) in [5.74, 6) is 0.279. The fourth-order valence-electron chi connectivity index (χ4n) is 2.45. The van der Waals surface area contributed by atoms with Crippen LogP contribution in [-0.4, -0.2) is 49.2 Å². The molecule has 2 aliphatic rings. The van der Waals surface area contributed by atoms with Gasteiger partial charge in [-0.3, -0.25) is 4.79 Å². The van der Waals surface area contributed by atoms with Gasteiger partial charge in [-0.05, 0) is 25.8 Å². The van der Waals surface area contributed by atoms with Crippen molar-refractivity contribution in [3.05, 3.63) is 0 Å². The lowest BCUT2D eigenvalue weighted by atomic mass is 10.0. The molecule has 4 heteroatoms. The number of nitrogens with one attached hydrogen (secondary N) is 1. The SMILES string of the molecule is CCC1CN(C(=O)[C@H]2CCCCN2)CCO1. The molecule has 0 aromatic rings. The lowest BCUT2D eigenvalue weighted by Gasteiger charge is -2.35. The molecule has 4 nitrogen and oxygen atoms in total. The number of piperidine rings is 1. The van der Waals surface area contributed by atoms with E-state index in [4.69, 9.17) is 4.74 Å². The van der Waals surface area contributed by atoms with Gasteiger partial charge < -0.3 is 15.0 Å². The van der Waals surface area contributed by atoms with Crippen LogP contribution in [0, 0.1) is 0 Å². The van der Waals surface area contributed by atoms with Gasteiger partial charge in [-0.1, -0.05) is 13.3 Å². The first kappa shape index (κ1) is 11.9. The van der Waals surface area contributed by atoms with Crippen LogP contribution in [0.5, 0.6) is 0 Å². The number of hydrogen-bond donors (Lipinski definition) is 1. The lowest BCUT2D eigenvalue weighted by Crippen LogP contribution is -2.53. The third-order valence-corrected chi connectivity index (χ3v) is 3.51. The van der Waals surface area contributed by atoms with Crippen molar-refractivity contribution in [1.29, 1.82) is 0 Å². The number of ether oxygens (including phenoxy) is 1. The average Bonchev–Trinajstić information content (AvgIpc) is 2.39. The third-order valence-electron chi connectivity index (χ3n) is 3.51. The molecule has 0 aromatic carbocycles. The van der Waals surface area contributed by atoms with Crippen LogP contribution < -0.4 is 5.32 Å². The molecule has 0 radical (unpaired) electrons. The number of rotatable bonds is 2. The van der Waals surface area contributed by atoms with Gasteiger partial charge in [0.05, 0.1) is 18.8 Å². The highest BCUT2D eigenvalue weighted by Crippen LogP contribution is 2.14. The maximum atomic E-state index is 12.2. The van der Waals surface area contributed by atoms with Crippen molar-refractivity contribution < 1.29 is 9.53 Å². The minimum absolute atomic E-state index is 0.0596. The Hall–Kier alpha value is -0.610. The molecule has 92 valence electrons. The first-order valence-electron chi connectivity index (χ1n) is 6.45. The molecule has 0 saturated carbocycles. The smallest absolute Gasteiger partial charge is 0.239 e. The Morgan fingerprint density at radius 2 is 2.38 bits per heavy atom. The van der Waals surface area contributed by atoms with Crippen molar-refractivity contribution in [1.82, 2.24) is 10.2 Å². The molecule has 1 amide bonds. The Balaban J connectivity index is 1.87. The molecule has 0 spiro atoms. The van der Waals surface area contributed by atoms with Crippen molar-refractivity contribution in [2.75, 3.05) is 26.2 Å². The van der Waals surface area contributed by atoms with Crippen molar-refractivity contribution in [3.63, 3.8) is 0 Å². The molecule has 0 aliphatic carbocycles. The third kappa shape index (κ3) is 2.74. The first-order valence-corrected chi connectivity index (χ1v) is 6.45. The van der Waals surface area contributed by atoms with Crippen LogP contribution in [0.4, 0.5) is 0 Å². The largest absolute Gasteiger partial charge is 0.375 e. The molecule has 1 unspecified atom stereocenters. The van der Waals surface area contributed by atoms with E-state index in [1.807, 2.05) is 4.90 Å². The second-order valence-electron chi connectivity index (χ2n) is 4.69. The van der Waals surface area contributed by atoms with Gasteiger partial charge in [-0.15, -0.1) is 0 Å². The van der Waals surface area contributed by atoms with E-state index in [-0.39, 0.29) is 18.1 Å². The standard InChI is InChI=1S/C12H22N2O2/c1-2-10-9-14(7-8-16-10)12(15)11-5-3-4-6-13-11/h10-11,13H,2-9H2,1H3/t10?,11-/m1/s1. The van der Waals surface area contributed by atoms with Crippen LogP contribution in [0.2, 0.25) is 0 Å². The number of carbonyl (C=O) groups is 1. The van der Waals surface area contributed by atoms with Crippen LogP contribution in [0.3, 0.4) is 0 Å². The summed E-state index contributed by atoms with van der Waals surface area (Å²) in [6, 6.07) is 0.0596. The Labute approximate surface area is 97.3 Å². The van der Waals surface area contributed by atoms with E-state index in [0.717, 1.165) is 32.5 Å². The van der Waals surface area contributed by atoms with Gasteiger partial charge in [0.1, 0.15) is 0 Å². The second kappa shape index (κ2) is 5.64. The number of nitrogens with zero attached hydrogens (tertiary/aromatic N) is 1. The maximum absolute atomic E-state index is 12.2. The van der Waals surface area contributed by atoms with Crippen LogP contribution >= 0.6 is 0 Å². The van der Waals surface area contributed by atoms with E-state index in [2.05, 4.69) is 12.2 Å². The fraction of sp³-hybridized carbons (Fsp3) is 0.917. The van der Waals surface area contributed by atoms with Gasteiger partial charge in [0.2, 0.25) is 5.91 Å². The molecule has 2 heterocycles. The summed E-state index contributed by atoms with van der Waals surface area (Å²) < 4.78 is 5.58. The summed E-state index contributed by atoms with van der Waals surface area (Å²) in [5.41, 5.74) is 0. The van der Waals surface area contributed by atoms with Crippen LogP contribution in [0.1, 0.15) is 32.6 Å². The number of morpholine rings is 1. The van der Waals surface area contributed by atoms with Crippen LogP contribution in [0.15, 0.2) is 0 Å². The van der Waals surface area contributed by atoms with Gasteiger partial charge in [-0.25, -0.2) is 0 Å². The number of amides is 1. The highest BCUT2D eigenvalue weighted by Gasteiger charge is 2.29. The summed E-state index contributed by atoms with van der Waals surface area (Å²) in [4.78, 5) is 14.2. The zero-order valence-electron chi connectivity index (χ0n) is 10.1. The van der Waals surface area contributed by atoms with Crippen LogP contribution in [0.25, 0.3) is 0 Å². The molecule has 2 fully saturated rings. The van der Waals surface area contributed by atoms with Gasteiger partial charge in [0.25, 0.3) is 0 Å². The molecule has 1 N–H and O–H groups in total. The molecule has 2 rings (SSSR count). The van der Waals surface area contributed by atoms with Gasteiger partial charge in [-0.2, -0.15) is 0 Å². The van der Waals surface area contributed by atoms with Gasteiger partial charge in [0.15, 0.2) is 0 Å². The molecule has 16 heavy (non-hydrogen) atoms. The summed E-state index contributed by atoms with van der Waals surface area (Å²) in [6.07, 6.45) is 4.59. The van der Waals surface area contributed by atoms with Crippen LogP contribution in [-0.2, 0) is 9.53 Å². The lowest BCUT2D eigenvalue weighted by molar-refractivity contribution is -0.141. The fourth-order valence-corrected chi connectivity index (χ4v) is 2.45. The molecule has 2 aliphatic heterocycles. The van der Waals surface area contributed by atoms with Crippen molar-refractivity contribution >= 4 is 5.91 Å². The Morgan fingerprint density at radius 1 is 1.50 bits per heavy atom. The van der Waals surface area contributed by atoms with Gasteiger partial charge in [0, 0.05) is 13.1 Å². The normalized spacial score (nSPS) is 31.4. The predicted molar refractivity (Wildman–Crippen MR) is 62.3 cm³/mol. The maximum Gasteiger partial charge on any atom is 0.239 e. The molecule has 2 saturated heterocycles. The second-order valence-corrected chi connectivity index (χ2v) is 4.69. The minimum Gasteiger partial charge on any atom is -0.375 e. The molecule has 2 atom stereocenters. The monoisotopic (exact) mass is 226 g/mol. The van der Waals surface area contributed by atoms with Crippen molar-refractivity contribution in [3.8, 4) is 0 Å². The minimum atomic E-state index is 0.0596.